The number of hydrogen-bond acceptors (Lipinski definition) is 6. The maximum absolute atomic E-state index is 9.85. The fraction of sp³-hybridized carbons (Fsp3) is 0.647. The molecule has 7 nitrogen and oxygen atoms in total. The number of aliphatic hydroxyl groups is 1. The highest BCUT2D eigenvalue weighted by Gasteiger charge is 2.28. The summed E-state index contributed by atoms with van der Waals surface area (Å²) < 4.78 is 12.9. The van der Waals surface area contributed by atoms with Crippen molar-refractivity contribution in [3.05, 3.63) is 17.1 Å². The first-order chi connectivity index (χ1) is 11.4. The average molecular weight is 336 g/mol. The predicted molar refractivity (Wildman–Crippen MR) is 93.8 cm³/mol. The van der Waals surface area contributed by atoms with Crippen LogP contribution < -0.4 is 5.73 Å². The fourth-order valence-electron chi connectivity index (χ4n) is 2.89. The van der Waals surface area contributed by atoms with Crippen molar-refractivity contribution in [3.8, 4) is 0 Å². The number of hydrogen-bond donors (Lipinski definition) is 2. The van der Waals surface area contributed by atoms with Crippen LogP contribution in [0.1, 0.15) is 30.9 Å². The lowest BCUT2D eigenvalue weighted by molar-refractivity contribution is 0.0289. The van der Waals surface area contributed by atoms with E-state index >= 15 is 0 Å². The molecule has 0 radical (unpaired) electrons. The molecule has 0 unspecified atom stereocenters. The van der Waals surface area contributed by atoms with Crippen LogP contribution in [0.2, 0.25) is 0 Å². The summed E-state index contributed by atoms with van der Waals surface area (Å²) in [7, 11) is 1.64. The second-order valence-electron chi connectivity index (χ2n) is 6.56. The van der Waals surface area contributed by atoms with Gasteiger partial charge in [-0.2, -0.15) is 0 Å². The normalized spacial score (nSPS) is 14.2. The van der Waals surface area contributed by atoms with E-state index in [-0.39, 0.29) is 6.61 Å². The molecule has 0 aromatic carbocycles. The Morgan fingerprint density at radius 3 is 2.58 bits per heavy atom. The largest absolute Gasteiger partial charge is 0.396 e. The SMILES string of the molecule is CCOCc1nc2c(N)nc(C)c(C)c2n1C[C@](C)(CO)COC. The molecule has 134 valence electrons. The number of imidazole rings is 1. The monoisotopic (exact) mass is 336 g/mol. The first-order valence-corrected chi connectivity index (χ1v) is 8.16. The molecule has 0 fully saturated rings. The van der Waals surface area contributed by atoms with Gasteiger partial charge >= 0.3 is 0 Å². The number of aliphatic hydroxyl groups excluding tert-OH is 1. The Hall–Kier alpha value is -1.70. The van der Waals surface area contributed by atoms with Crippen LogP contribution in [0.3, 0.4) is 0 Å². The summed E-state index contributed by atoms with van der Waals surface area (Å²) in [5, 5.41) is 9.85. The summed E-state index contributed by atoms with van der Waals surface area (Å²) in [5.74, 6) is 1.20. The van der Waals surface area contributed by atoms with Gasteiger partial charge in [-0.15, -0.1) is 0 Å². The Morgan fingerprint density at radius 1 is 1.29 bits per heavy atom. The molecule has 2 heterocycles. The third-order valence-corrected chi connectivity index (χ3v) is 4.32. The van der Waals surface area contributed by atoms with E-state index in [9.17, 15) is 5.11 Å². The van der Waals surface area contributed by atoms with E-state index in [1.54, 1.807) is 7.11 Å². The lowest BCUT2D eigenvalue weighted by Gasteiger charge is -2.28. The van der Waals surface area contributed by atoms with E-state index in [1.807, 2.05) is 27.7 Å². The molecule has 2 aromatic heterocycles. The van der Waals surface area contributed by atoms with Crippen molar-refractivity contribution in [3.63, 3.8) is 0 Å². The molecule has 0 saturated carbocycles. The van der Waals surface area contributed by atoms with Gasteiger partial charge in [-0.1, -0.05) is 6.92 Å². The first kappa shape index (κ1) is 18.6. The molecule has 3 N–H and O–H groups in total. The number of nitrogen functional groups attached to an aromatic ring is 1. The molecule has 0 saturated heterocycles. The highest BCUT2D eigenvalue weighted by atomic mass is 16.5. The Bertz CT molecular complexity index is 714. The van der Waals surface area contributed by atoms with Gasteiger partial charge in [0.2, 0.25) is 0 Å². The topological polar surface area (TPSA) is 95.4 Å². The second kappa shape index (κ2) is 7.46. The van der Waals surface area contributed by atoms with Gasteiger partial charge in [0.15, 0.2) is 5.82 Å². The summed E-state index contributed by atoms with van der Waals surface area (Å²) in [5.41, 5.74) is 9.21. The van der Waals surface area contributed by atoms with E-state index in [1.165, 1.54) is 0 Å². The predicted octanol–water partition coefficient (Wildman–Crippen LogP) is 1.81. The zero-order chi connectivity index (χ0) is 17.9. The molecule has 24 heavy (non-hydrogen) atoms. The molecule has 0 aliphatic rings. The van der Waals surface area contributed by atoms with Crippen molar-refractivity contribution >= 4 is 16.9 Å². The number of rotatable bonds is 8. The molecule has 0 spiro atoms. The minimum atomic E-state index is -0.429. The van der Waals surface area contributed by atoms with E-state index < -0.39 is 5.41 Å². The van der Waals surface area contributed by atoms with Crippen LogP contribution in [0.4, 0.5) is 5.82 Å². The van der Waals surface area contributed by atoms with Crippen molar-refractivity contribution in [1.29, 1.82) is 0 Å². The number of anilines is 1. The van der Waals surface area contributed by atoms with Gasteiger partial charge in [-0.05, 0) is 26.3 Å². The van der Waals surface area contributed by atoms with Crippen LogP contribution >= 0.6 is 0 Å². The van der Waals surface area contributed by atoms with Gasteiger partial charge < -0.3 is 24.9 Å². The standard InChI is InChI=1S/C17H28N4O3/c1-6-24-7-13-20-14-15(11(2)12(3)19-16(14)18)21(13)8-17(4,9-22)10-23-5/h22H,6-10H2,1-5H3,(H2,18,19)/t17-/m1/s1. The molecule has 7 heteroatoms. The van der Waals surface area contributed by atoms with Gasteiger partial charge in [0.25, 0.3) is 0 Å². The van der Waals surface area contributed by atoms with Crippen molar-refractivity contribution in [1.82, 2.24) is 14.5 Å². The minimum absolute atomic E-state index is 0.00713. The Balaban J connectivity index is 2.63. The molecule has 0 bridgehead atoms. The summed E-state index contributed by atoms with van der Waals surface area (Å²) in [6, 6.07) is 0. The molecule has 2 rings (SSSR count). The Morgan fingerprint density at radius 2 is 2.00 bits per heavy atom. The van der Waals surface area contributed by atoms with E-state index in [4.69, 9.17) is 15.2 Å². The van der Waals surface area contributed by atoms with E-state index in [0.29, 0.717) is 37.7 Å². The highest BCUT2D eigenvalue weighted by Crippen LogP contribution is 2.30. The maximum atomic E-state index is 9.85. The molecule has 0 amide bonds. The number of pyridine rings is 1. The van der Waals surface area contributed by atoms with Crippen molar-refractivity contribution < 1.29 is 14.6 Å². The first-order valence-electron chi connectivity index (χ1n) is 8.16. The highest BCUT2D eigenvalue weighted by molar-refractivity contribution is 5.88. The van der Waals surface area contributed by atoms with Gasteiger partial charge in [0.05, 0.1) is 18.7 Å². The summed E-state index contributed by atoms with van der Waals surface area (Å²) in [6.45, 7) is 9.87. The zero-order valence-corrected chi connectivity index (χ0v) is 15.2. The van der Waals surface area contributed by atoms with Crippen molar-refractivity contribution in [2.24, 2.45) is 5.41 Å². The lowest BCUT2D eigenvalue weighted by atomic mass is 9.92. The van der Waals surface area contributed by atoms with Gasteiger partial charge in [0, 0.05) is 31.4 Å². The third kappa shape index (κ3) is 3.53. The second-order valence-corrected chi connectivity index (χ2v) is 6.56. The molecular weight excluding hydrogens is 308 g/mol. The van der Waals surface area contributed by atoms with E-state index in [0.717, 1.165) is 22.6 Å². The molecule has 2 aromatic rings. The molecule has 1 atom stereocenters. The summed E-state index contributed by atoms with van der Waals surface area (Å²) in [4.78, 5) is 9.03. The number of fused-ring (bicyclic) bond motifs is 1. The number of aromatic nitrogens is 3. The quantitative estimate of drug-likeness (QED) is 0.763. The number of ether oxygens (including phenoxy) is 2. The number of nitrogens with zero attached hydrogens (tertiary/aromatic N) is 3. The number of methoxy groups -OCH3 is 1. The maximum Gasteiger partial charge on any atom is 0.151 e. The lowest BCUT2D eigenvalue weighted by Crippen LogP contribution is -2.33. The molecule has 0 aliphatic heterocycles. The average Bonchev–Trinajstić information content (AvgIpc) is 2.90. The molecule has 0 aliphatic carbocycles. The van der Waals surface area contributed by atoms with Crippen LogP contribution in [-0.2, 0) is 22.6 Å². The van der Waals surface area contributed by atoms with Crippen LogP contribution in [0.15, 0.2) is 0 Å². The summed E-state index contributed by atoms with van der Waals surface area (Å²) in [6.07, 6.45) is 0. The number of aryl methyl sites for hydroxylation is 2. The van der Waals surface area contributed by atoms with Gasteiger partial charge in [-0.25, -0.2) is 9.97 Å². The summed E-state index contributed by atoms with van der Waals surface area (Å²) >= 11 is 0. The fourth-order valence-corrected chi connectivity index (χ4v) is 2.89. The minimum Gasteiger partial charge on any atom is -0.396 e. The van der Waals surface area contributed by atoms with Crippen LogP contribution in [0.25, 0.3) is 11.0 Å². The van der Waals surface area contributed by atoms with Crippen LogP contribution in [0, 0.1) is 19.3 Å². The zero-order valence-electron chi connectivity index (χ0n) is 15.2. The smallest absolute Gasteiger partial charge is 0.151 e. The Labute approximate surface area is 142 Å². The third-order valence-electron chi connectivity index (χ3n) is 4.32. The Kier molecular flexibility index (Phi) is 5.79. The van der Waals surface area contributed by atoms with Crippen molar-refractivity contribution in [2.45, 2.75) is 40.8 Å². The van der Waals surface area contributed by atoms with Crippen molar-refractivity contribution in [2.75, 3.05) is 32.7 Å². The van der Waals surface area contributed by atoms with Crippen LogP contribution in [0.5, 0.6) is 0 Å². The van der Waals surface area contributed by atoms with E-state index in [2.05, 4.69) is 14.5 Å². The number of nitrogens with two attached hydrogens (primary N) is 1. The van der Waals surface area contributed by atoms with Gasteiger partial charge in [0.1, 0.15) is 17.9 Å². The molecular formula is C17H28N4O3. The van der Waals surface area contributed by atoms with Gasteiger partial charge in [-0.3, -0.25) is 0 Å². The van der Waals surface area contributed by atoms with Crippen LogP contribution in [-0.4, -0.2) is 46.6 Å².